The van der Waals surface area contributed by atoms with Crippen molar-refractivity contribution in [2.75, 3.05) is 20.3 Å². The van der Waals surface area contributed by atoms with Crippen molar-refractivity contribution in [2.24, 2.45) is 5.92 Å². The van der Waals surface area contributed by atoms with Crippen molar-refractivity contribution in [3.63, 3.8) is 0 Å². The standard InChI is InChI=1S/C12H20BrNOS/c1-9(10(2)14-6-7-15-3)8-11-4-5-12(13)16-11/h4-5,9-10,14H,6-8H2,1-3H3. The van der Waals surface area contributed by atoms with E-state index in [1.165, 1.54) is 8.66 Å². The van der Waals surface area contributed by atoms with Crippen LogP contribution in [0.25, 0.3) is 0 Å². The van der Waals surface area contributed by atoms with Crippen LogP contribution in [-0.2, 0) is 11.2 Å². The molecule has 0 aromatic carbocycles. The van der Waals surface area contributed by atoms with Gasteiger partial charge >= 0.3 is 0 Å². The molecule has 92 valence electrons. The molecule has 0 bridgehead atoms. The third-order valence-corrected chi connectivity index (χ3v) is 4.42. The van der Waals surface area contributed by atoms with Gasteiger partial charge in [-0.05, 0) is 47.3 Å². The molecule has 2 atom stereocenters. The van der Waals surface area contributed by atoms with Crippen molar-refractivity contribution < 1.29 is 4.74 Å². The summed E-state index contributed by atoms with van der Waals surface area (Å²) < 4.78 is 6.24. The van der Waals surface area contributed by atoms with Crippen LogP contribution in [-0.4, -0.2) is 26.3 Å². The highest BCUT2D eigenvalue weighted by Crippen LogP contribution is 2.25. The molecule has 2 nitrogen and oxygen atoms in total. The third-order valence-electron chi connectivity index (χ3n) is 2.78. The van der Waals surface area contributed by atoms with E-state index in [2.05, 4.69) is 47.2 Å². The first kappa shape index (κ1) is 14.2. The first-order valence-electron chi connectivity index (χ1n) is 5.60. The lowest BCUT2D eigenvalue weighted by atomic mass is 9.99. The van der Waals surface area contributed by atoms with Crippen LogP contribution in [0.15, 0.2) is 15.9 Å². The Bertz CT molecular complexity index is 303. The highest BCUT2D eigenvalue weighted by molar-refractivity contribution is 9.11. The van der Waals surface area contributed by atoms with Gasteiger partial charge in [-0.1, -0.05) is 6.92 Å². The van der Waals surface area contributed by atoms with Crippen LogP contribution in [0.5, 0.6) is 0 Å². The van der Waals surface area contributed by atoms with Gasteiger partial charge in [-0.3, -0.25) is 0 Å². The van der Waals surface area contributed by atoms with Crippen molar-refractivity contribution in [3.8, 4) is 0 Å². The van der Waals surface area contributed by atoms with Crippen LogP contribution in [0, 0.1) is 5.92 Å². The Labute approximate surface area is 111 Å². The molecule has 2 unspecified atom stereocenters. The van der Waals surface area contributed by atoms with Crippen LogP contribution in [0.3, 0.4) is 0 Å². The highest BCUT2D eigenvalue weighted by atomic mass is 79.9. The molecule has 1 heterocycles. The Balaban J connectivity index is 2.30. The fourth-order valence-corrected chi connectivity index (χ4v) is 3.17. The van der Waals surface area contributed by atoms with E-state index < -0.39 is 0 Å². The first-order chi connectivity index (χ1) is 7.63. The van der Waals surface area contributed by atoms with Crippen molar-refractivity contribution in [2.45, 2.75) is 26.3 Å². The number of hydrogen-bond acceptors (Lipinski definition) is 3. The van der Waals surface area contributed by atoms with Gasteiger partial charge in [0.1, 0.15) is 0 Å². The van der Waals surface area contributed by atoms with E-state index in [-0.39, 0.29) is 0 Å². The van der Waals surface area contributed by atoms with E-state index >= 15 is 0 Å². The average Bonchev–Trinajstić information content (AvgIpc) is 2.64. The predicted octanol–water partition coefficient (Wildman–Crippen LogP) is 3.31. The fraction of sp³-hybridized carbons (Fsp3) is 0.667. The van der Waals surface area contributed by atoms with E-state index in [4.69, 9.17) is 4.74 Å². The Morgan fingerprint density at radius 1 is 1.44 bits per heavy atom. The van der Waals surface area contributed by atoms with Crippen LogP contribution in [0.4, 0.5) is 0 Å². The monoisotopic (exact) mass is 305 g/mol. The van der Waals surface area contributed by atoms with Crippen LogP contribution in [0.1, 0.15) is 18.7 Å². The number of thiophene rings is 1. The van der Waals surface area contributed by atoms with Gasteiger partial charge in [0.05, 0.1) is 10.4 Å². The van der Waals surface area contributed by atoms with Crippen LogP contribution >= 0.6 is 27.3 Å². The second-order valence-corrected chi connectivity index (χ2v) is 6.67. The molecule has 1 aromatic heterocycles. The van der Waals surface area contributed by atoms with Crippen molar-refractivity contribution >= 4 is 27.3 Å². The lowest BCUT2D eigenvalue weighted by molar-refractivity contribution is 0.192. The van der Waals surface area contributed by atoms with Gasteiger partial charge in [-0.2, -0.15) is 0 Å². The summed E-state index contributed by atoms with van der Waals surface area (Å²) in [5.74, 6) is 0.641. The fourth-order valence-electron chi connectivity index (χ4n) is 1.55. The van der Waals surface area contributed by atoms with Gasteiger partial charge in [0.15, 0.2) is 0 Å². The molecule has 1 aromatic rings. The maximum Gasteiger partial charge on any atom is 0.0701 e. The number of ether oxygens (including phenoxy) is 1. The Hall–Kier alpha value is 0.1000. The van der Waals surface area contributed by atoms with E-state index in [0.717, 1.165) is 19.6 Å². The van der Waals surface area contributed by atoms with Crippen molar-refractivity contribution in [3.05, 3.63) is 20.8 Å². The minimum absolute atomic E-state index is 0.524. The smallest absolute Gasteiger partial charge is 0.0701 e. The highest BCUT2D eigenvalue weighted by Gasteiger charge is 2.12. The zero-order valence-corrected chi connectivity index (χ0v) is 12.5. The third kappa shape index (κ3) is 4.95. The SMILES string of the molecule is COCCNC(C)C(C)Cc1ccc(Br)s1. The Kier molecular flexibility index (Phi) is 6.58. The van der Waals surface area contributed by atoms with E-state index in [1.54, 1.807) is 7.11 Å². The van der Waals surface area contributed by atoms with Gasteiger partial charge in [0, 0.05) is 24.6 Å². The summed E-state index contributed by atoms with van der Waals surface area (Å²) in [5.41, 5.74) is 0. The zero-order valence-electron chi connectivity index (χ0n) is 10.1. The average molecular weight is 306 g/mol. The molecule has 1 rings (SSSR count). The second kappa shape index (κ2) is 7.43. The molecule has 16 heavy (non-hydrogen) atoms. The Morgan fingerprint density at radius 2 is 2.19 bits per heavy atom. The van der Waals surface area contributed by atoms with Crippen LogP contribution in [0.2, 0.25) is 0 Å². The molecule has 4 heteroatoms. The molecule has 0 amide bonds. The van der Waals surface area contributed by atoms with Crippen molar-refractivity contribution in [1.82, 2.24) is 5.32 Å². The topological polar surface area (TPSA) is 21.3 Å². The molecule has 0 spiro atoms. The number of hydrogen-bond donors (Lipinski definition) is 1. The second-order valence-electron chi connectivity index (χ2n) is 4.12. The number of rotatable bonds is 7. The molecule has 0 aliphatic heterocycles. The summed E-state index contributed by atoms with van der Waals surface area (Å²) in [6.07, 6.45) is 1.14. The largest absolute Gasteiger partial charge is 0.383 e. The zero-order chi connectivity index (χ0) is 12.0. The molecule has 0 fully saturated rings. The van der Waals surface area contributed by atoms with Gasteiger partial charge in [0.25, 0.3) is 0 Å². The van der Waals surface area contributed by atoms with E-state index in [0.29, 0.717) is 12.0 Å². The number of halogens is 1. The summed E-state index contributed by atoms with van der Waals surface area (Å²) in [5, 5.41) is 3.48. The maximum atomic E-state index is 5.03. The molecule has 0 aliphatic carbocycles. The quantitative estimate of drug-likeness (QED) is 0.780. The molecule has 0 saturated heterocycles. The van der Waals surface area contributed by atoms with Gasteiger partial charge in [-0.25, -0.2) is 0 Å². The maximum absolute atomic E-state index is 5.03. The molecule has 0 aliphatic rings. The molecular weight excluding hydrogens is 286 g/mol. The normalized spacial score (nSPS) is 15.0. The summed E-state index contributed by atoms with van der Waals surface area (Å²) in [6, 6.07) is 4.85. The minimum Gasteiger partial charge on any atom is -0.383 e. The van der Waals surface area contributed by atoms with Crippen molar-refractivity contribution in [1.29, 1.82) is 0 Å². The summed E-state index contributed by atoms with van der Waals surface area (Å²) in [7, 11) is 1.74. The molecule has 0 saturated carbocycles. The molecule has 1 N–H and O–H groups in total. The van der Waals surface area contributed by atoms with Crippen LogP contribution < -0.4 is 5.32 Å². The summed E-state index contributed by atoms with van der Waals surface area (Å²) in [6.45, 7) is 6.23. The number of methoxy groups -OCH3 is 1. The Morgan fingerprint density at radius 3 is 2.75 bits per heavy atom. The minimum atomic E-state index is 0.524. The summed E-state index contributed by atoms with van der Waals surface area (Å²) >= 11 is 5.32. The van der Waals surface area contributed by atoms with E-state index in [1.807, 2.05) is 11.3 Å². The van der Waals surface area contributed by atoms with Gasteiger partial charge in [0.2, 0.25) is 0 Å². The van der Waals surface area contributed by atoms with Gasteiger partial charge < -0.3 is 10.1 Å². The van der Waals surface area contributed by atoms with E-state index in [9.17, 15) is 0 Å². The molecular formula is C12H20BrNOS. The first-order valence-corrected chi connectivity index (χ1v) is 7.21. The lowest BCUT2D eigenvalue weighted by Crippen LogP contribution is -2.35. The van der Waals surface area contributed by atoms with Gasteiger partial charge in [-0.15, -0.1) is 11.3 Å². The predicted molar refractivity (Wildman–Crippen MR) is 74.2 cm³/mol. The lowest BCUT2D eigenvalue weighted by Gasteiger charge is -2.20. The molecule has 0 radical (unpaired) electrons. The summed E-state index contributed by atoms with van der Waals surface area (Å²) in [4.78, 5) is 1.44. The number of nitrogens with one attached hydrogen (secondary N) is 1.